The van der Waals surface area contributed by atoms with Gasteiger partial charge in [0.1, 0.15) is 0 Å². The highest BCUT2D eigenvalue weighted by Gasteiger charge is 2.68. The van der Waals surface area contributed by atoms with Gasteiger partial charge in [-0.05, 0) is 31.9 Å². The van der Waals surface area contributed by atoms with E-state index in [9.17, 15) is 22.0 Å². The zero-order chi connectivity index (χ0) is 10.2. The van der Waals surface area contributed by atoms with Crippen LogP contribution in [0, 0.1) is 0 Å². The summed E-state index contributed by atoms with van der Waals surface area (Å²) in [7, 11) is 0.525. The molecule has 0 saturated carbocycles. The second-order valence-corrected chi connectivity index (χ2v) is 3.91. The standard InChI is InChI=1S/C4H3Br2F5O/c1-12-2(5,3(6,7)8)4(9,10)11/h1H3. The summed E-state index contributed by atoms with van der Waals surface area (Å²) in [6.07, 6.45) is -5.21. The lowest BCUT2D eigenvalue weighted by atomic mass is 10.3. The van der Waals surface area contributed by atoms with Crippen LogP contribution in [0.2, 0.25) is 0 Å². The fourth-order valence-electron chi connectivity index (χ4n) is 0.392. The smallest absolute Gasteiger partial charge is 0.353 e. The highest BCUT2D eigenvalue weighted by molar-refractivity contribution is 9.12. The van der Waals surface area contributed by atoms with Crippen LogP contribution in [-0.2, 0) is 4.74 Å². The molecule has 0 spiro atoms. The summed E-state index contributed by atoms with van der Waals surface area (Å²) < 4.78 is 60.3. The zero-order valence-electron chi connectivity index (χ0n) is 5.55. The van der Waals surface area contributed by atoms with Gasteiger partial charge in [0.2, 0.25) is 0 Å². The van der Waals surface area contributed by atoms with Gasteiger partial charge in [-0.3, -0.25) is 0 Å². The molecule has 0 rings (SSSR count). The maximum absolute atomic E-state index is 12.3. The number of methoxy groups -OCH3 is 1. The van der Waals surface area contributed by atoms with Crippen LogP contribution in [0.3, 0.4) is 0 Å². The normalized spacial score (nSPS) is 19.0. The third-order valence-corrected chi connectivity index (χ3v) is 3.37. The second-order valence-electron chi connectivity index (χ2n) is 1.79. The van der Waals surface area contributed by atoms with Crippen molar-refractivity contribution in [1.29, 1.82) is 0 Å². The van der Waals surface area contributed by atoms with Gasteiger partial charge in [-0.2, -0.15) is 22.0 Å². The van der Waals surface area contributed by atoms with E-state index in [-0.39, 0.29) is 0 Å². The van der Waals surface area contributed by atoms with Crippen LogP contribution in [0.5, 0.6) is 0 Å². The van der Waals surface area contributed by atoms with Gasteiger partial charge in [0.05, 0.1) is 0 Å². The van der Waals surface area contributed by atoms with Crippen LogP contribution in [0.25, 0.3) is 0 Å². The predicted molar refractivity (Wildman–Crippen MR) is 38.6 cm³/mol. The van der Waals surface area contributed by atoms with E-state index in [4.69, 9.17) is 0 Å². The predicted octanol–water partition coefficient (Wildman–Crippen LogP) is 3.27. The van der Waals surface area contributed by atoms with Crippen molar-refractivity contribution in [2.75, 3.05) is 7.11 Å². The number of hydrogen-bond donors (Lipinski definition) is 0. The van der Waals surface area contributed by atoms with Crippen molar-refractivity contribution in [1.82, 2.24) is 0 Å². The van der Waals surface area contributed by atoms with E-state index in [0.29, 0.717) is 7.11 Å². The quantitative estimate of drug-likeness (QED) is 0.560. The number of alkyl halides is 7. The van der Waals surface area contributed by atoms with Crippen molar-refractivity contribution in [3.8, 4) is 0 Å². The Labute approximate surface area is 81.5 Å². The summed E-state index contributed by atoms with van der Waals surface area (Å²) in [5.41, 5.74) is 0. The lowest BCUT2D eigenvalue weighted by molar-refractivity contribution is -0.267. The van der Waals surface area contributed by atoms with E-state index in [1.807, 2.05) is 0 Å². The van der Waals surface area contributed by atoms with E-state index in [1.54, 1.807) is 31.9 Å². The molecule has 0 saturated heterocycles. The van der Waals surface area contributed by atoms with Crippen molar-refractivity contribution in [2.45, 2.75) is 15.5 Å². The van der Waals surface area contributed by atoms with Crippen LogP contribution in [0.4, 0.5) is 22.0 Å². The maximum Gasteiger partial charge on any atom is 0.434 e. The van der Waals surface area contributed by atoms with E-state index in [1.165, 1.54) is 0 Å². The topological polar surface area (TPSA) is 9.23 Å². The molecule has 0 N–H and O–H groups in total. The molecule has 1 nitrogen and oxygen atoms in total. The SMILES string of the molecule is COC(Br)(C(F)(F)F)C(F)(F)Br. The van der Waals surface area contributed by atoms with Gasteiger partial charge < -0.3 is 4.74 Å². The number of halogens is 7. The Morgan fingerprint density at radius 3 is 1.33 bits per heavy atom. The summed E-state index contributed by atoms with van der Waals surface area (Å²) >= 11 is 3.35. The Kier molecular flexibility index (Phi) is 3.54. The molecule has 1 unspecified atom stereocenters. The van der Waals surface area contributed by atoms with Crippen LogP contribution < -0.4 is 0 Å². The molecular weight excluding hydrogens is 319 g/mol. The molecule has 0 aliphatic carbocycles. The average molecular weight is 322 g/mol. The van der Waals surface area contributed by atoms with Gasteiger partial charge in [0.15, 0.2) is 0 Å². The molecule has 0 bridgehead atoms. The van der Waals surface area contributed by atoms with Crippen molar-refractivity contribution < 1.29 is 26.7 Å². The largest absolute Gasteiger partial charge is 0.434 e. The lowest BCUT2D eigenvalue weighted by Crippen LogP contribution is -2.52. The molecular formula is C4H3Br2F5O. The summed E-state index contributed by atoms with van der Waals surface area (Å²) in [5.74, 6) is 0. The number of ether oxygens (including phenoxy) is 1. The molecule has 0 radical (unpaired) electrons. The molecule has 0 fully saturated rings. The molecule has 0 aliphatic heterocycles. The van der Waals surface area contributed by atoms with Crippen molar-refractivity contribution in [3.63, 3.8) is 0 Å². The van der Waals surface area contributed by atoms with Crippen LogP contribution in [0.1, 0.15) is 0 Å². The van der Waals surface area contributed by atoms with Gasteiger partial charge in [0, 0.05) is 7.11 Å². The summed E-state index contributed by atoms with van der Waals surface area (Å²) in [4.78, 5) is -4.23. The van der Waals surface area contributed by atoms with Gasteiger partial charge in [-0.15, -0.1) is 0 Å². The fourth-order valence-corrected chi connectivity index (χ4v) is 0.779. The summed E-state index contributed by atoms with van der Waals surface area (Å²) in [6.45, 7) is 0. The van der Waals surface area contributed by atoms with E-state index >= 15 is 0 Å². The Morgan fingerprint density at radius 1 is 1.00 bits per heavy atom. The molecule has 1 atom stereocenters. The first-order chi connectivity index (χ1) is 5.06. The second kappa shape index (κ2) is 3.38. The highest BCUT2D eigenvalue weighted by atomic mass is 79.9. The Bertz CT molecular complexity index is 148. The minimum absolute atomic E-state index is 0.525. The average Bonchev–Trinajstić information content (AvgIpc) is 1.81. The molecule has 0 aromatic rings. The lowest BCUT2D eigenvalue weighted by Gasteiger charge is -2.31. The molecule has 74 valence electrons. The Balaban J connectivity index is 4.95. The van der Waals surface area contributed by atoms with Crippen molar-refractivity contribution in [2.24, 2.45) is 0 Å². The Hall–Kier alpha value is 0.570. The minimum Gasteiger partial charge on any atom is -0.353 e. The van der Waals surface area contributed by atoms with Gasteiger partial charge in [-0.25, -0.2) is 0 Å². The van der Waals surface area contributed by atoms with Gasteiger partial charge in [0.25, 0.3) is 4.51 Å². The molecule has 0 aromatic heterocycles. The highest BCUT2D eigenvalue weighted by Crippen LogP contribution is 2.51. The van der Waals surface area contributed by atoms with Crippen molar-refractivity contribution in [3.05, 3.63) is 0 Å². The third-order valence-electron chi connectivity index (χ3n) is 1.01. The van der Waals surface area contributed by atoms with E-state index in [0.717, 1.165) is 0 Å². The van der Waals surface area contributed by atoms with Crippen LogP contribution in [0.15, 0.2) is 0 Å². The fraction of sp³-hybridized carbons (Fsp3) is 1.00. The molecule has 0 amide bonds. The van der Waals surface area contributed by atoms with E-state index in [2.05, 4.69) is 4.74 Å². The molecule has 12 heavy (non-hydrogen) atoms. The maximum atomic E-state index is 12.3. The molecule has 0 aliphatic rings. The zero-order valence-corrected chi connectivity index (χ0v) is 8.73. The van der Waals surface area contributed by atoms with Gasteiger partial charge in [-0.1, -0.05) is 0 Å². The monoisotopic (exact) mass is 320 g/mol. The third kappa shape index (κ3) is 2.08. The van der Waals surface area contributed by atoms with Crippen LogP contribution in [-0.4, -0.2) is 22.6 Å². The van der Waals surface area contributed by atoms with E-state index < -0.39 is 15.5 Å². The first-order valence-electron chi connectivity index (χ1n) is 2.44. The van der Waals surface area contributed by atoms with Crippen molar-refractivity contribution >= 4 is 31.9 Å². The summed E-state index contributed by atoms with van der Waals surface area (Å²) in [6, 6.07) is 0. The molecule has 0 aromatic carbocycles. The molecule has 8 heteroatoms. The van der Waals surface area contributed by atoms with Crippen LogP contribution >= 0.6 is 31.9 Å². The number of rotatable bonds is 2. The van der Waals surface area contributed by atoms with Gasteiger partial charge >= 0.3 is 11.0 Å². The first kappa shape index (κ1) is 12.6. The minimum atomic E-state index is -5.21. The molecule has 0 heterocycles. The first-order valence-corrected chi connectivity index (χ1v) is 4.02. The number of hydrogen-bond acceptors (Lipinski definition) is 1. The summed E-state index contributed by atoms with van der Waals surface area (Å²) in [5, 5.41) is 0. The Morgan fingerprint density at radius 2 is 1.33 bits per heavy atom.